The van der Waals surface area contributed by atoms with Crippen LogP contribution in [-0.4, -0.2) is 36.2 Å². The number of hydrazine groups is 1. The highest BCUT2D eigenvalue weighted by Crippen LogP contribution is 2.28. The number of ether oxygens (including phenoxy) is 1. The summed E-state index contributed by atoms with van der Waals surface area (Å²) in [5, 5.41) is 0.793. The zero-order valence-corrected chi connectivity index (χ0v) is 10.8. The molecule has 0 fully saturated rings. The second kappa shape index (κ2) is 7.16. The van der Waals surface area contributed by atoms with Crippen molar-refractivity contribution in [3.8, 4) is 0 Å². The lowest BCUT2D eigenvalue weighted by Gasteiger charge is -2.17. The molecule has 1 N–H and O–H groups in total. The molecule has 1 amide bonds. The van der Waals surface area contributed by atoms with Gasteiger partial charge in [-0.25, -0.2) is 24.0 Å². The van der Waals surface area contributed by atoms with Gasteiger partial charge < -0.3 is 4.74 Å². The van der Waals surface area contributed by atoms with E-state index >= 15 is 0 Å². The average molecular weight is 313 g/mol. The van der Waals surface area contributed by atoms with E-state index in [1.165, 1.54) is 7.05 Å². The molecule has 1 aromatic rings. The van der Waals surface area contributed by atoms with Crippen molar-refractivity contribution in [1.82, 2.24) is 15.4 Å². The molecule has 21 heavy (non-hydrogen) atoms. The van der Waals surface area contributed by atoms with Gasteiger partial charge in [-0.1, -0.05) is 0 Å². The third kappa shape index (κ3) is 5.90. The fourth-order valence-electron chi connectivity index (χ4n) is 1.19. The number of nitrogens with one attached hydrogen (secondary N) is 1. The molecule has 0 atom stereocenters. The molecule has 0 saturated carbocycles. The highest BCUT2D eigenvalue weighted by atomic mass is 19.4. The summed E-state index contributed by atoms with van der Waals surface area (Å²) in [4.78, 5) is 14.8. The summed E-state index contributed by atoms with van der Waals surface area (Å²) in [6, 6.07) is 1.98. The molecule has 118 valence electrons. The Hall–Kier alpha value is -1.97. The lowest BCUT2D eigenvalue weighted by Crippen LogP contribution is -2.40. The summed E-state index contributed by atoms with van der Waals surface area (Å²) >= 11 is 0. The normalized spacial score (nSPS) is 11.6. The quantitative estimate of drug-likeness (QED) is 0.670. The highest BCUT2D eigenvalue weighted by Gasteiger charge is 2.30. The minimum Gasteiger partial charge on any atom is -0.442 e. The molecule has 0 aromatic carbocycles. The lowest BCUT2D eigenvalue weighted by molar-refractivity contribution is -0.137. The maximum absolute atomic E-state index is 12.3. The van der Waals surface area contributed by atoms with Gasteiger partial charge in [0, 0.05) is 13.2 Å². The van der Waals surface area contributed by atoms with E-state index in [4.69, 9.17) is 0 Å². The van der Waals surface area contributed by atoms with E-state index in [-0.39, 0.29) is 12.2 Å². The van der Waals surface area contributed by atoms with Gasteiger partial charge in [-0.05, 0) is 12.1 Å². The Labute approximate surface area is 116 Å². The summed E-state index contributed by atoms with van der Waals surface area (Å²) in [7, 11) is 1.22. The molecule has 0 aliphatic heterocycles. The second-order valence-electron chi connectivity index (χ2n) is 3.90. The Bertz CT molecular complexity index is 464. The average Bonchev–Trinajstić information content (AvgIpc) is 2.41. The van der Waals surface area contributed by atoms with Crippen molar-refractivity contribution >= 4 is 6.09 Å². The standard InChI is InChI=1S/C11H12F5N3O2/c1-19(10(20)21-6-9(12)13)18-5-8-3-2-7(4-17-8)11(14,15)16/h2-4,9,18H,5-6H2,1H3. The summed E-state index contributed by atoms with van der Waals surface area (Å²) in [5.74, 6) is 0. The fourth-order valence-corrected chi connectivity index (χ4v) is 1.19. The van der Waals surface area contributed by atoms with Gasteiger partial charge in [0.1, 0.15) is 0 Å². The van der Waals surface area contributed by atoms with Crippen molar-refractivity contribution in [2.75, 3.05) is 13.7 Å². The topological polar surface area (TPSA) is 54.5 Å². The minimum absolute atomic E-state index is 0.0710. The van der Waals surface area contributed by atoms with Crippen LogP contribution < -0.4 is 5.43 Å². The van der Waals surface area contributed by atoms with Crippen LogP contribution in [0.5, 0.6) is 0 Å². The van der Waals surface area contributed by atoms with E-state index in [1.54, 1.807) is 0 Å². The molecule has 0 saturated heterocycles. The van der Waals surface area contributed by atoms with Gasteiger partial charge in [-0.15, -0.1) is 0 Å². The van der Waals surface area contributed by atoms with Gasteiger partial charge in [0.25, 0.3) is 6.43 Å². The van der Waals surface area contributed by atoms with E-state index in [0.717, 1.165) is 17.1 Å². The predicted molar refractivity (Wildman–Crippen MR) is 61.2 cm³/mol. The predicted octanol–water partition coefficient (Wildman–Crippen LogP) is 2.44. The second-order valence-corrected chi connectivity index (χ2v) is 3.90. The molecular formula is C11H12F5N3O2. The minimum atomic E-state index is -4.48. The fraction of sp³-hybridized carbons (Fsp3) is 0.455. The number of nitrogens with zero attached hydrogens (tertiary/aromatic N) is 2. The molecule has 1 aromatic heterocycles. The van der Waals surface area contributed by atoms with E-state index in [1.807, 2.05) is 0 Å². The highest BCUT2D eigenvalue weighted by molar-refractivity contribution is 5.66. The van der Waals surface area contributed by atoms with E-state index in [9.17, 15) is 26.7 Å². The number of halogens is 5. The Morgan fingerprint density at radius 2 is 2.10 bits per heavy atom. The van der Waals surface area contributed by atoms with Crippen molar-refractivity contribution in [3.05, 3.63) is 29.6 Å². The van der Waals surface area contributed by atoms with E-state index < -0.39 is 30.9 Å². The number of hydrogen-bond donors (Lipinski definition) is 1. The number of alkyl halides is 5. The lowest BCUT2D eigenvalue weighted by atomic mass is 10.2. The summed E-state index contributed by atoms with van der Waals surface area (Å²) in [6.07, 6.45) is -7.64. The summed E-state index contributed by atoms with van der Waals surface area (Å²) in [6.45, 7) is -1.11. The van der Waals surface area contributed by atoms with E-state index in [0.29, 0.717) is 6.20 Å². The first-order valence-corrected chi connectivity index (χ1v) is 5.64. The van der Waals surface area contributed by atoms with Crippen LogP contribution >= 0.6 is 0 Å². The molecular weight excluding hydrogens is 301 g/mol. The van der Waals surface area contributed by atoms with Gasteiger partial charge in [0.15, 0.2) is 6.61 Å². The van der Waals surface area contributed by atoms with Crippen molar-refractivity contribution in [2.45, 2.75) is 19.1 Å². The number of rotatable bonds is 5. The zero-order chi connectivity index (χ0) is 16.0. The molecule has 0 unspecified atom stereocenters. The van der Waals surface area contributed by atoms with Gasteiger partial charge in [-0.3, -0.25) is 4.98 Å². The summed E-state index contributed by atoms with van der Waals surface area (Å²) in [5.41, 5.74) is 1.79. The Balaban J connectivity index is 2.46. The van der Waals surface area contributed by atoms with Crippen molar-refractivity contribution < 1.29 is 31.5 Å². The molecule has 0 spiro atoms. The number of carbonyl (C=O) groups is 1. The molecule has 0 bridgehead atoms. The monoisotopic (exact) mass is 313 g/mol. The van der Waals surface area contributed by atoms with Gasteiger partial charge >= 0.3 is 12.3 Å². The van der Waals surface area contributed by atoms with Crippen LogP contribution in [-0.2, 0) is 17.5 Å². The maximum atomic E-state index is 12.3. The third-order valence-electron chi connectivity index (χ3n) is 2.26. The molecule has 1 heterocycles. The SMILES string of the molecule is CN(NCc1ccc(C(F)(F)F)cn1)C(=O)OCC(F)F. The molecule has 5 nitrogen and oxygen atoms in total. The van der Waals surface area contributed by atoms with E-state index in [2.05, 4.69) is 15.1 Å². The number of carbonyl (C=O) groups excluding carboxylic acids is 1. The van der Waals surface area contributed by atoms with Gasteiger partial charge in [-0.2, -0.15) is 13.2 Å². The first kappa shape index (κ1) is 17.1. The molecule has 10 heteroatoms. The largest absolute Gasteiger partial charge is 0.442 e. The Morgan fingerprint density at radius 3 is 2.57 bits per heavy atom. The van der Waals surface area contributed by atoms with Gasteiger partial charge in [0.2, 0.25) is 0 Å². The molecule has 0 radical (unpaired) electrons. The Kier molecular flexibility index (Phi) is 5.82. The zero-order valence-electron chi connectivity index (χ0n) is 10.8. The smallest absolute Gasteiger partial charge is 0.424 e. The molecule has 1 rings (SSSR count). The Morgan fingerprint density at radius 1 is 1.43 bits per heavy atom. The first-order valence-electron chi connectivity index (χ1n) is 5.64. The van der Waals surface area contributed by atoms with Crippen LogP contribution in [0.4, 0.5) is 26.7 Å². The number of hydrogen-bond acceptors (Lipinski definition) is 4. The van der Waals surface area contributed by atoms with Crippen LogP contribution in [0.3, 0.4) is 0 Å². The summed E-state index contributed by atoms with van der Waals surface area (Å²) < 4.78 is 64.8. The number of amides is 1. The third-order valence-corrected chi connectivity index (χ3v) is 2.26. The van der Waals surface area contributed by atoms with Crippen molar-refractivity contribution in [3.63, 3.8) is 0 Å². The molecule has 0 aliphatic rings. The first-order chi connectivity index (χ1) is 9.70. The van der Waals surface area contributed by atoms with Crippen molar-refractivity contribution in [1.29, 1.82) is 0 Å². The maximum Gasteiger partial charge on any atom is 0.424 e. The van der Waals surface area contributed by atoms with Crippen molar-refractivity contribution in [2.24, 2.45) is 0 Å². The van der Waals surface area contributed by atoms with Gasteiger partial charge in [0.05, 0.1) is 17.8 Å². The number of pyridine rings is 1. The van der Waals surface area contributed by atoms with Crippen LogP contribution in [0.15, 0.2) is 18.3 Å². The number of aromatic nitrogens is 1. The van der Waals surface area contributed by atoms with Crippen LogP contribution in [0.25, 0.3) is 0 Å². The van der Waals surface area contributed by atoms with Crippen LogP contribution in [0, 0.1) is 0 Å². The van der Waals surface area contributed by atoms with Crippen LogP contribution in [0.2, 0.25) is 0 Å². The molecule has 0 aliphatic carbocycles. The van der Waals surface area contributed by atoms with Crippen LogP contribution in [0.1, 0.15) is 11.3 Å².